The molecule has 150 valence electrons. The van der Waals surface area contributed by atoms with Crippen LogP contribution in [0.25, 0.3) is 11.4 Å². The zero-order valence-corrected chi connectivity index (χ0v) is 16.5. The van der Waals surface area contributed by atoms with Crippen molar-refractivity contribution in [3.05, 3.63) is 66.0 Å². The number of methoxy groups -OCH3 is 1. The number of carbonyl (C=O) groups is 1. The molecule has 1 unspecified atom stereocenters. The maximum Gasteiger partial charge on any atom is 0.317 e. The zero-order valence-electron chi connectivity index (χ0n) is 16.5. The largest absolute Gasteiger partial charge is 0.497 e. The Morgan fingerprint density at radius 2 is 2.00 bits per heavy atom. The Hall–Kier alpha value is -3.35. The van der Waals surface area contributed by atoms with Crippen molar-refractivity contribution in [2.24, 2.45) is 5.92 Å². The second-order valence-electron chi connectivity index (χ2n) is 7.28. The Bertz CT molecular complexity index is 939. The molecule has 2 amide bonds. The van der Waals surface area contributed by atoms with Gasteiger partial charge in [0.1, 0.15) is 11.6 Å². The van der Waals surface area contributed by atoms with Gasteiger partial charge in [0, 0.05) is 31.6 Å². The van der Waals surface area contributed by atoms with Gasteiger partial charge >= 0.3 is 6.03 Å². The Labute approximate surface area is 170 Å². The first kappa shape index (κ1) is 19.0. The number of carbonyl (C=O) groups excluding carboxylic acids is 1. The Morgan fingerprint density at radius 3 is 2.76 bits per heavy atom. The van der Waals surface area contributed by atoms with Crippen molar-refractivity contribution in [2.75, 3.05) is 20.2 Å². The minimum Gasteiger partial charge on any atom is -0.497 e. The molecule has 2 heterocycles. The van der Waals surface area contributed by atoms with E-state index in [-0.39, 0.29) is 6.03 Å². The highest BCUT2D eigenvalue weighted by molar-refractivity contribution is 5.74. The summed E-state index contributed by atoms with van der Waals surface area (Å²) in [4.78, 5) is 19.0. The lowest BCUT2D eigenvalue weighted by molar-refractivity contribution is 0.206. The maximum absolute atomic E-state index is 12.5. The predicted octanol–water partition coefficient (Wildman–Crippen LogP) is 3.25. The van der Waals surface area contributed by atoms with E-state index in [1.165, 1.54) is 0 Å². The lowest BCUT2D eigenvalue weighted by Crippen LogP contribution is -2.38. The lowest BCUT2D eigenvalue weighted by atomic mass is 10.1. The Morgan fingerprint density at radius 1 is 1.21 bits per heavy atom. The number of likely N-dealkylation sites (tertiary alicyclic amines) is 1. The topological polar surface area (TPSA) is 83.1 Å². The summed E-state index contributed by atoms with van der Waals surface area (Å²) in [5.41, 5.74) is 2.05. The third kappa shape index (κ3) is 4.74. The van der Waals surface area contributed by atoms with E-state index in [1.54, 1.807) is 7.11 Å². The van der Waals surface area contributed by atoms with E-state index < -0.39 is 0 Å². The average molecular weight is 391 g/mol. The van der Waals surface area contributed by atoms with Gasteiger partial charge in [0.25, 0.3) is 0 Å². The highest BCUT2D eigenvalue weighted by Crippen LogP contribution is 2.21. The number of ether oxygens (including phenoxy) is 1. The van der Waals surface area contributed by atoms with Gasteiger partial charge in [-0.2, -0.15) is 5.10 Å². The van der Waals surface area contributed by atoms with E-state index in [9.17, 15) is 4.79 Å². The Balaban J connectivity index is 1.26. The monoisotopic (exact) mass is 391 g/mol. The first-order valence-corrected chi connectivity index (χ1v) is 9.83. The van der Waals surface area contributed by atoms with Crippen molar-refractivity contribution in [1.29, 1.82) is 0 Å². The van der Waals surface area contributed by atoms with Gasteiger partial charge in [0.15, 0.2) is 5.82 Å². The van der Waals surface area contributed by atoms with Gasteiger partial charge in [-0.05, 0) is 30.0 Å². The van der Waals surface area contributed by atoms with Gasteiger partial charge in [0.2, 0.25) is 0 Å². The van der Waals surface area contributed by atoms with E-state index in [0.29, 0.717) is 18.3 Å². The quantitative estimate of drug-likeness (QED) is 0.676. The second-order valence-corrected chi connectivity index (χ2v) is 7.28. The van der Waals surface area contributed by atoms with Gasteiger partial charge in [0.05, 0.1) is 7.11 Å². The number of nitrogens with one attached hydrogen (secondary N) is 2. The van der Waals surface area contributed by atoms with Crippen LogP contribution in [0.1, 0.15) is 17.8 Å². The highest BCUT2D eigenvalue weighted by atomic mass is 16.5. The Kier molecular flexibility index (Phi) is 5.74. The number of aromatic nitrogens is 3. The van der Waals surface area contributed by atoms with E-state index >= 15 is 0 Å². The normalized spacial score (nSPS) is 16.0. The first-order chi connectivity index (χ1) is 14.2. The molecule has 7 nitrogen and oxygen atoms in total. The smallest absolute Gasteiger partial charge is 0.317 e. The second kappa shape index (κ2) is 8.77. The molecule has 0 saturated carbocycles. The van der Waals surface area contributed by atoms with Crippen LogP contribution in [0.15, 0.2) is 54.6 Å². The predicted molar refractivity (Wildman–Crippen MR) is 110 cm³/mol. The fraction of sp³-hybridized carbons (Fsp3) is 0.318. The summed E-state index contributed by atoms with van der Waals surface area (Å²) >= 11 is 0. The molecule has 0 bridgehead atoms. The van der Waals surface area contributed by atoms with E-state index in [1.807, 2.05) is 59.5 Å². The summed E-state index contributed by atoms with van der Waals surface area (Å²) in [6.45, 7) is 2.00. The number of nitrogens with zero attached hydrogens (tertiary/aromatic N) is 3. The molecular weight excluding hydrogens is 366 g/mol. The van der Waals surface area contributed by atoms with Crippen LogP contribution in [0.2, 0.25) is 0 Å². The molecule has 0 spiro atoms. The maximum atomic E-state index is 12.5. The number of rotatable bonds is 6. The molecule has 1 aliphatic rings. The van der Waals surface area contributed by atoms with Crippen LogP contribution < -0.4 is 10.1 Å². The van der Waals surface area contributed by atoms with Crippen LogP contribution in [0.3, 0.4) is 0 Å². The fourth-order valence-corrected chi connectivity index (χ4v) is 3.59. The SMILES string of the molecule is COc1ccc(CNC(=O)N2CCC(Cc3nc(-c4ccccc4)n[nH]3)C2)cc1. The van der Waals surface area contributed by atoms with Crippen molar-refractivity contribution in [2.45, 2.75) is 19.4 Å². The number of H-pyrrole nitrogens is 1. The van der Waals surface area contributed by atoms with Gasteiger partial charge in [-0.15, -0.1) is 0 Å². The van der Waals surface area contributed by atoms with Crippen LogP contribution in [-0.4, -0.2) is 46.3 Å². The molecule has 1 fully saturated rings. The van der Waals surface area contributed by atoms with Crippen LogP contribution in [0.5, 0.6) is 5.75 Å². The third-order valence-electron chi connectivity index (χ3n) is 5.22. The van der Waals surface area contributed by atoms with Crippen LogP contribution in [0.4, 0.5) is 4.79 Å². The molecule has 2 aromatic carbocycles. The summed E-state index contributed by atoms with van der Waals surface area (Å²) in [6.07, 6.45) is 1.76. The molecule has 29 heavy (non-hydrogen) atoms. The first-order valence-electron chi connectivity index (χ1n) is 9.83. The van der Waals surface area contributed by atoms with Crippen LogP contribution >= 0.6 is 0 Å². The molecule has 2 N–H and O–H groups in total. The number of hydrogen-bond acceptors (Lipinski definition) is 4. The summed E-state index contributed by atoms with van der Waals surface area (Å²) in [6, 6.07) is 17.6. The van der Waals surface area contributed by atoms with Crippen molar-refractivity contribution in [3.8, 4) is 17.1 Å². The van der Waals surface area contributed by atoms with E-state index in [2.05, 4.69) is 20.5 Å². The minimum absolute atomic E-state index is 0.0223. The molecule has 3 aromatic rings. The molecule has 4 rings (SSSR count). The fourth-order valence-electron chi connectivity index (χ4n) is 3.59. The van der Waals surface area contributed by atoms with Crippen molar-refractivity contribution >= 4 is 6.03 Å². The molecular formula is C22H25N5O2. The van der Waals surface area contributed by atoms with E-state index in [4.69, 9.17) is 4.74 Å². The molecule has 1 aromatic heterocycles. The summed E-state index contributed by atoms with van der Waals surface area (Å²) in [5, 5.41) is 10.4. The average Bonchev–Trinajstić information content (AvgIpc) is 3.43. The van der Waals surface area contributed by atoms with Crippen molar-refractivity contribution in [1.82, 2.24) is 25.4 Å². The third-order valence-corrected chi connectivity index (χ3v) is 5.22. The number of hydrogen-bond donors (Lipinski definition) is 2. The van der Waals surface area contributed by atoms with E-state index in [0.717, 1.165) is 48.6 Å². The van der Waals surface area contributed by atoms with Crippen LogP contribution in [-0.2, 0) is 13.0 Å². The highest BCUT2D eigenvalue weighted by Gasteiger charge is 2.27. The standard InChI is InChI=1S/C22H25N5O2/c1-29-19-9-7-16(8-10-19)14-23-22(28)27-12-11-17(15-27)13-20-24-21(26-25-20)18-5-3-2-4-6-18/h2-10,17H,11-15H2,1H3,(H,23,28)(H,24,25,26). The van der Waals surface area contributed by atoms with Crippen LogP contribution in [0, 0.1) is 5.92 Å². The van der Waals surface area contributed by atoms with Gasteiger partial charge in [-0.1, -0.05) is 42.5 Å². The molecule has 0 aliphatic carbocycles. The molecule has 0 radical (unpaired) electrons. The molecule has 1 saturated heterocycles. The summed E-state index contributed by atoms with van der Waals surface area (Å²) in [7, 11) is 1.64. The van der Waals surface area contributed by atoms with Gasteiger partial charge < -0.3 is 15.0 Å². The number of benzene rings is 2. The summed E-state index contributed by atoms with van der Waals surface area (Å²) in [5.74, 6) is 2.78. The summed E-state index contributed by atoms with van der Waals surface area (Å²) < 4.78 is 5.16. The lowest BCUT2D eigenvalue weighted by Gasteiger charge is -2.17. The minimum atomic E-state index is -0.0223. The number of aromatic amines is 1. The zero-order chi connectivity index (χ0) is 20.1. The molecule has 1 aliphatic heterocycles. The number of urea groups is 1. The van der Waals surface area contributed by atoms with Gasteiger partial charge in [-0.25, -0.2) is 9.78 Å². The molecule has 1 atom stereocenters. The molecule has 7 heteroatoms. The number of amides is 2. The van der Waals surface area contributed by atoms with Crippen molar-refractivity contribution < 1.29 is 9.53 Å². The van der Waals surface area contributed by atoms with Gasteiger partial charge in [-0.3, -0.25) is 5.10 Å². The van der Waals surface area contributed by atoms with Crippen molar-refractivity contribution in [3.63, 3.8) is 0 Å².